The highest BCUT2D eigenvalue weighted by Gasteiger charge is 2.26. The van der Waals surface area contributed by atoms with Gasteiger partial charge in [0.2, 0.25) is 0 Å². The van der Waals surface area contributed by atoms with Crippen LogP contribution in [0.5, 0.6) is 5.75 Å². The largest absolute Gasteiger partial charge is 0.496 e. The van der Waals surface area contributed by atoms with Crippen LogP contribution in [0.15, 0.2) is 24.8 Å². The van der Waals surface area contributed by atoms with Gasteiger partial charge in [0.15, 0.2) is 11.3 Å². The van der Waals surface area contributed by atoms with Crippen LogP contribution in [0.1, 0.15) is 21.5 Å². The van der Waals surface area contributed by atoms with Gasteiger partial charge in [0.05, 0.1) is 23.7 Å². The van der Waals surface area contributed by atoms with Crippen LogP contribution >= 0.6 is 0 Å². The lowest BCUT2D eigenvalue weighted by molar-refractivity contribution is 0.100. The fourth-order valence-electron chi connectivity index (χ4n) is 3.39. The van der Waals surface area contributed by atoms with Crippen molar-refractivity contribution < 1.29 is 9.53 Å². The van der Waals surface area contributed by atoms with Gasteiger partial charge >= 0.3 is 0 Å². The van der Waals surface area contributed by atoms with Crippen molar-refractivity contribution >= 4 is 28.4 Å². The van der Waals surface area contributed by atoms with E-state index < -0.39 is 5.91 Å². The maximum Gasteiger partial charge on any atom is 0.253 e. The molecule has 0 aliphatic rings. The van der Waals surface area contributed by atoms with E-state index in [0.717, 1.165) is 16.8 Å². The lowest BCUT2D eigenvalue weighted by Gasteiger charge is -2.16. The molecular formula is C17H17N7O2. The summed E-state index contributed by atoms with van der Waals surface area (Å²) in [5.41, 5.74) is 15.7. The van der Waals surface area contributed by atoms with Gasteiger partial charge < -0.3 is 16.2 Å². The van der Waals surface area contributed by atoms with E-state index in [1.165, 1.54) is 6.33 Å². The molecule has 9 nitrogen and oxygen atoms in total. The Morgan fingerprint density at radius 1 is 1.19 bits per heavy atom. The molecule has 0 saturated carbocycles. The van der Waals surface area contributed by atoms with Crippen molar-refractivity contribution in [3.63, 3.8) is 0 Å². The normalized spacial score (nSPS) is 11.3. The smallest absolute Gasteiger partial charge is 0.253 e. The fraction of sp³-hybridized carbons (Fsp3) is 0.176. The summed E-state index contributed by atoms with van der Waals surface area (Å²) in [6.07, 6.45) is 3.07. The predicted molar refractivity (Wildman–Crippen MR) is 96.6 cm³/mol. The highest BCUT2D eigenvalue weighted by Crippen LogP contribution is 2.36. The van der Waals surface area contributed by atoms with Crippen molar-refractivity contribution in [3.8, 4) is 11.4 Å². The predicted octanol–water partition coefficient (Wildman–Crippen LogP) is 1.37. The lowest BCUT2D eigenvalue weighted by Crippen LogP contribution is -2.14. The maximum atomic E-state index is 12.2. The first-order chi connectivity index (χ1) is 12.5. The second kappa shape index (κ2) is 5.45. The van der Waals surface area contributed by atoms with E-state index in [2.05, 4.69) is 15.2 Å². The van der Waals surface area contributed by atoms with Crippen molar-refractivity contribution in [3.05, 3.63) is 41.5 Å². The molecule has 4 aromatic rings. The van der Waals surface area contributed by atoms with Crippen LogP contribution in [0.4, 0.5) is 5.82 Å². The molecule has 0 saturated heterocycles. The van der Waals surface area contributed by atoms with E-state index in [1.807, 2.05) is 26.0 Å². The summed E-state index contributed by atoms with van der Waals surface area (Å²) in [6.45, 7) is 3.87. The molecular weight excluding hydrogens is 334 g/mol. The van der Waals surface area contributed by atoms with E-state index in [1.54, 1.807) is 22.4 Å². The summed E-state index contributed by atoms with van der Waals surface area (Å²) >= 11 is 0. The number of hydrogen-bond donors (Lipinski definition) is 2. The number of ether oxygens (including phenoxy) is 1. The van der Waals surface area contributed by atoms with Crippen LogP contribution in [0, 0.1) is 13.8 Å². The van der Waals surface area contributed by atoms with Crippen molar-refractivity contribution in [2.24, 2.45) is 5.73 Å². The highest BCUT2D eigenvalue weighted by molar-refractivity contribution is 6.15. The summed E-state index contributed by atoms with van der Waals surface area (Å²) in [4.78, 5) is 16.6. The SMILES string of the molecule is COc1ccc(C)c(-n2c(N)c(C(N)=O)c3c2ncn2cnnc32)c1C. The number of benzene rings is 1. The second-order valence-electron chi connectivity index (χ2n) is 6.02. The van der Waals surface area contributed by atoms with Crippen LogP contribution in [0.2, 0.25) is 0 Å². The van der Waals surface area contributed by atoms with Gasteiger partial charge in [0.25, 0.3) is 5.91 Å². The molecule has 0 bridgehead atoms. The quantitative estimate of drug-likeness (QED) is 0.574. The Morgan fingerprint density at radius 2 is 1.96 bits per heavy atom. The van der Waals surface area contributed by atoms with Crippen LogP contribution in [0.3, 0.4) is 0 Å². The molecule has 1 amide bonds. The van der Waals surface area contributed by atoms with Crippen molar-refractivity contribution in [1.29, 1.82) is 0 Å². The molecule has 4 N–H and O–H groups in total. The number of fused-ring (bicyclic) bond motifs is 3. The van der Waals surface area contributed by atoms with Crippen LogP contribution in [-0.4, -0.2) is 37.2 Å². The van der Waals surface area contributed by atoms with Gasteiger partial charge in [0.1, 0.15) is 24.2 Å². The van der Waals surface area contributed by atoms with Gasteiger partial charge in [-0.3, -0.25) is 13.8 Å². The maximum absolute atomic E-state index is 12.2. The zero-order valence-corrected chi connectivity index (χ0v) is 14.5. The number of methoxy groups -OCH3 is 1. The summed E-state index contributed by atoms with van der Waals surface area (Å²) < 4.78 is 8.77. The Kier molecular flexibility index (Phi) is 3.33. The number of aromatic nitrogens is 5. The number of amides is 1. The first-order valence-corrected chi connectivity index (χ1v) is 7.88. The molecule has 3 aromatic heterocycles. The standard InChI is InChI=1S/C17H17N7O2/c1-8-4-5-10(26-3)9(2)13(8)24-14(18)11(15(19)25)12-16(24)20-6-23-7-21-22-17(12)23/h4-7H,18H2,1-3H3,(H2,19,25). The molecule has 0 aliphatic heterocycles. The Labute approximate surface area is 148 Å². The minimum Gasteiger partial charge on any atom is -0.496 e. The minimum atomic E-state index is -0.651. The first kappa shape index (κ1) is 15.9. The van der Waals surface area contributed by atoms with Crippen LogP contribution in [0.25, 0.3) is 22.4 Å². The molecule has 0 fully saturated rings. The van der Waals surface area contributed by atoms with Gasteiger partial charge in [-0.15, -0.1) is 10.2 Å². The summed E-state index contributed by atoms with van der Waals surface area (Å²) in [5.74, 6) is 0.258. The van der Waals surface area contributed by atoms with Gasteiger partial charge in [0, 0.05) is 5.56 Å². The molecule has 0 radical (unpaired) electrons. The lowest BCUT2D eigenvalue weighted by atomic mass is 10.1. The molecule has 3 heterocycles. The Balaban J connectivity index is 2.23. The van der Waals surface area contributed by atoms with E-state index >= 15 is 0 Å². The number of nitrogens with zero attached hydrogens (tertiary/aromatic N) is 5. The summed E-state index contributed by atoms with van der Waals surface area (Å²) in [7, 11) is 1.60. The zero-order chi connectivity index (χ0) is 18.6. The average molecular weight is 351 g/mol. The van der Waals surface area contributed by atoms with Crippen molar-refractivity contribution in [2.45, 2.75) is 13.8 Å². The third kappa shape index (κ3) is 1.97. The molecule has 26 heavy (non-hydrogen) atoms. The van der Waals surface area contributed by atoms with Gasteiger partial charge in [-0.1, -0.05) is 6.07 Å². The number of anilines is 1. The topological polar surface area (TPSA) is 126 Å². The Hall–Kier alpha value is -3.62. The van der Waals surface area contributed by atoms with Gasteiger partial charge in [-0.05, 0) is 25.5 Å². The number of hydrogen-bond acceptors (Lipinski definition) is 6. The van der Waals surface area contributed by atoms with E-state index in [0.29, 0.717) is 22.4 Å². The molecule has 1 aromatic carbocycles. The number of carbonyl (C=O) groups excluding carboxylic acids is 1. The second-order valence-corrected chi connectivity index (χ2v) is 6.02. The van der Waals surface area contributed by atoms with Crippen molar-refractivity contribution in [2.75, 3.05) is 12.8 Å². The zero-order valence-electron chi connectivity index (χ0n) is 14.5. The fourth-order valence-corrected chi connectivity index (χ4v) is 3.39. The molecule has 0 atom stereocenters. The van der Waals surface area contributed by atoms with E-state index in [9.17, 15) is 4.79 Å². The Bertz CT molecular complexity index is 1190. The molecule has 0 aliphatic carbocycles. The van der Waals surface area contributed by atoms with E-state index in [4.69, 9.17) is 16.2 Å². The third-order valence-corrected chi connectivity index (χ3v) is 4.56. The van der Waals surface area contributed by atoms with Crippen molar-refractivity contribution in [1.82, 2.24) is 24.1 Å². The minimum absolute atomic E-state index is 0.174. The summed E-state index contributed by atoms with van der Waals surface area (Å²) in [6, 6.07) is 3.81. The molecule has 9 heteroatoms. The van der Waals surface area contributed by atoms with Gasteiger partial charge in [-0.25, -0.2) is 4.98 Å². The van der Waals surface area contributed by atoms with Crippen LogP contribution in [-0.2, 0) is 0 Å². The number of nitrogen functional groups attached to an aromatic ring is 1. The molecule has 0 unspecified atom stereocenters. The third-order valence-electron chi connectivity index (χ3n) is 4.56. The monoisotopic (exact) mass is 351 g/mol. The van der Waals surface area contributed by atoms with Gasteiger partial charge in [-0.2, -0.15) is 0 Å². The number of primary amides is 1. The molecule has 4 rings (SSSR count). The van der Waals surface area contributed by atoms with Crippen LogP contribution < -0.4 is 16.2 Å². The number of nitrogens with two attached hydrogens (primary N) is 2. The number of rotatable bonds is 3. The summed E-state index contributed by atoms with van der Waals surface area (Å²) in [5, 5.41) is 8.43. The highest BCUT2D eigenvalue weighted by atomic mass is 16.5. The Morgan fingerprint density at radius 3 is 2.65 bits per heavy atom. The number of aryl methyl sites for hydroxylation is 1. The first-order valence-electron chi connectivity index (χ1n) is 7.88. The average Bonchev–Trinajstić information content (AvgIpc) is 3.18. The molecule has 0 spiro atoms. The van der Waals surface area contributed by atoms with E-state index in [-0.39, 0.29) is 11.4 Å². The molecule has 132 valence electrons. The number of carbonyl (C=O) groups is 1.